The molecule has 0 spiro atoms. The summed E-state index contributed by atoms with van der Waals surface area (Å²) in [5.41, 5.74) is 2.46. The second-order valence-electron chi connectivity index (χ2n) is 8.28. The van der Waals surface area contributed by atoms with Gasteiger partial charge in [0.2, 0.25) is 0 Å². The van der Waals surface area contributed by atoms with E-state index >= 15 is 0 Å². The molecule has 4 nitrogen and oxygen atoms in total. The van der Waals surface area contributed by atoms with Crippen molar-refractivity contribution < 1.29 is 4.79 Å². The molecule has 1 aromatic heterocycles. The molecular weight excluding hydrogens is 390 g/mol. The first kappa shape index (κ1) is 20.7. The monoisotopic (exact) mass is 419 g/mol. The van der Waals surface area contributed by atoms with E-state index in [0.717, 1.165) is 23.0 Å². The molecular formula is C25H29N3OS. The SMILES string of the molecule is CSc1cccc(Nc2cc(C(=O)N[C@@H]3CCC[C@@H](C)[C@@H]3C)c3ccccc3n2)c1. The Morgan fingerprint density at radius 3 is 2.73 bits per heavy atom. The second kappa shape index (κ2) is 9.09. The number of amides is 1. The van der Waals surface area contributed by atoms with Gasteiger partial charge in [0.15, 0.2) is 0 Å². The summed E-state index contributed by atoms with van der Waals surface area (Å²) in [4.78, 5) is 19.2. The number of benzene rings is 2. The number of hydrogen-bond donors (Lipinski definition) is 2. The van der Waals surface area contributed by atoms with Gasteiger partial charge in [-0.25, -0.2) is 4.98 Å². The van der Waals surface area contributed by atoms with Gasteiger partial charge >= 0.3 is 0 Å². The topological polar surface area (TPSA) is 54.0 Å². The van der Waals surface area contributed by atoms with Crippen LogP contribution in [0.2, 0.25) is 0 Å². The van der Waals surface area contributed by atoms with Crippen LogP contribution < -0.4 is 10.6 Å². The van der Waals surface area contributed by atoms with E-state index in [1.807, 2.05) is 42.5 Å². The lowest BCUT2D eigenvalue weighted by Crippen LogP contribution is -2.43. The Morgan fingerprint density at radius 1 is 1.07 bits per heavy atom. The average molecular weight is 420 g/mol. The van der Waals surface area contributed by atoms with Gasteiger partial charge in [0.25, 0.3) is 5.91 Å². The Hall–Kier alpha value is -2.53. The van der Waals surface area contributed by atoms with Crippen LogP contribution in [0.3, 0.4) is 0 Å². The molecule has 3 atom stereocenters. The maximum Gasteiger partial charge on any atom is 0.252 e. The zero-order valence-electron chi connectivity index (χ0n) is 17.8. The Balaban J connectivity index is 1.65. The first-order valence-corrected chi connectivity index (χ1v) is 11.9. The normalized spacial score (nSPS) is 21.4. The van der Waals surface area contributed by atoms with Gasteiger partial charge in [-0.3, -0.25) is 4.79 Å². The predicted molar refractivity (Wildman–Crippen MR) is 127 cm³/mol. The number of pyridine rings is 1. The number of aromatic nitrogens is 1. The van der Waals surface area contributed by atoms with Crippen LogP contribution in [0.4, 0.5) is 11.5 Å². The van der Waals surface area contributed by atoms with Gasteiger partial charge in [0.05, 0.1) is 11.1 Å². The lowest BCUT2D eigenvalue weighted by Gasteiger charge is -2.34. The minimum absolute atomic E-state index is 0.0135. The Labute approximate surface area is 182 Å². The van der Waals surface area contributed by atoms with Crippen LogP contribution in [0.15, 0.2) is 59.5 Å². The largest absolute Gasteiger partial charge is 0.349 e. The van der Waals surface area contributed by atoms with Crippen LogP contribution in [-0.2, 0) is 0 Å². The van der Waals surface area contributed by atoms with Crippen LogP contribution in [0.25, 0.3) is 10.9 Å². The summed E-state index contributed by atoms with van der Waals surface area (Å²) < 4.78 is 0. The number of hydrogen-bond acceptors (Lipinski definition) is 4. The van der Waals surface area contributed by atoms with Crippen molar-refractivity contribution in [1.82, 2.24) is 10.3 Å². The van der Waals surface area contributed by atoms with E-state index in [9.17, 15) is 4.79 Å². The maximum absolute atomic E-state index is 13.3. The van der Waals surface area contributed by atoms with Crippen molar-refractivity contribution in [1.29, 1.82) is 0 Å². The Bertz CT molecular complexity index is 1050. The van der Waals surface area contributed by atoms with Crippen molar-refractivity contribution >= 4 is 40.1 Å². The highest BCUT2D eigenvalue weighted by atomic mass is 32.2. The summed E-state index contributed by atoms with van der Waals surface area (Å²) in [7, 11) is 0. The zero-order valence-corrected chi connectivity index (χ0v) is 18.6. The molecule has 1 amide bonds. The zero-order chi connectivity index (χ0) is 21.1. The summed E-state index contributed by atoms with van der Waals surface area (Å²) in [6.07, 6.45) is 5.52. The van der Waals surface area contributed by atoms with E-state index in [0.29, 0.717) is 23.2 Å². The summed E-state index contributed by atoms with van der Waals surface area (Å²) in [5.74, 6) is 1.80. The van der Waals surface area contributed by atoms with Crippen LogP contribution in [0.5, 0.6) is 0 Å². The van der Waals surface area contributed by atoms with E-state index in [4.69, 9.17) is 4.98 Å². The summed E-state index contributed by atoms with van der Waals surface area (Å²) in [6.45, 7) is 4.54. The van der Waals surface area contributed by atoms with Crippen molar-refractivity contribution in [3.8, 4) is 0 Å². The van der Waals surface area contributed by atoms with Gasteiger partial charge in [0.1, 0.15) is 5.82 Å². The highest BCUT2D eigenvalue weighted by Gasteiger charge is 2.28. The molecule has 0 radical (unpaired) electrons. The molecule has 5 heteroatoms. The average Bonchev–Trinajstić information content (AvgIpc) is 2.76. The van der Waals surface area contributed by atoms with Gasteiger partial charge in [-0.2, -0.15) is 0 Å². The molecule has 3 aromatic rings. The molecule has 2 N–H and O–H groups in total. The van der Waals surface area contributed by atoms with E-state index < -0.39 is 0 Å². The molecule has 0 saturated heterocycles. The minimum Gasteiger partial charge on any atom is -0.349 e. The van der Waals surface area contributed by atoms with Crippen LogP contribution in [0, 0.1) is 11.8 Å². The van der Waals surface area contributed by atoms with Gasteiger partial charge < -0.3 is 10.6 Å². The second-order valence-corrected chi connectivity index (χ2v) is 9.16. The fourth-order valence-electron chi connectivity index (χ4n) is 4.31. The van der Waals surface area contributed by atoms with Gasteiger partial charge in [-0.1, -0.05) is 51.0 Å². The number of para-hydroxylation sites is 1. The molecule has 1 aliphatic rings. The molecule has 0 unspecified atom stereocenters. The van der Waals surface area contributed by atoms with Crippen LogP contribution >= 0.6 is 11.8 Å². The molecule has 1 saturated carbocycles. The molecule has 0 bridgehead atoms. The van der Waals surface area contributed by atoms with E-state index in [1.54, 1.807) is 11.8 Å². The molecule has 1 heterocycles. The highest BCUT2D eigenvalue weighted by Crippen LogP contribution is 2.30. The first-order valence-electron chi connectivity index (χ1n) is 10.7. The number of carbonyl (C=O) groups is 1. The highest BCUT2D eigenvalue weighted by molar-refractivity contribution is 7.98. The van der Waals surface area contributed by atoms with Crippen molar-refractivity contribution in [2.75, 3.05) is 11.6 Å². The van der Waals surface area contributed by atoms with E-state index in [2.05, 4.69) is 42.9 Å². The lowest BCUT2D eigenvalue weighted by molar-refractivity contribution is 0.0892. The molecule has 30 heavy (non-hydrogen) atoms. The smallest absolute Gasteiger partial charge is 0.252 e. The third-order valence-electron chi connectivity index (χ3n) is 6.33. The van der Waals surface area contributed by atoms with Crippen molar-refractivity contribution in [2.45, 2.75) is 44.0 Å². The fraction of sp³-hybridized carbons (Fsp3) is 0.360. The molecule has 156 valence electrons. The first-order chi connectivity index (χ1) is 14.5. The van der Waals surface area contributed by atoms with Crippen molar-refractivity contribution in [2.24, 2.45) is 11.8 Å². The quantitative estimate of drug-likeness (QED) is 0.480. The number of anilines is 2. The maximum atomic E-state index is 13.3. The number of nitrogens with one attached hydrogen (secondary N) is 2. The summed E-state index contributed by atoms with van der Waals surface area (Å²) in [5, 5.41) is 7.58. The summed E-state index contributed by atoms with van der Waals surface area (Å²) >= 11 is 1.70. The van der Waals surface area contributed by atoms with Gasteiger partial charge in [-0.05, 0) is 54.8 Å². The number of fused-ring (bicyclic) bond motifs is 1. The molecule has 0 aliphatic heterocycles. The van der Waals surface area contributed by atoms with Crippen LogP contribution in [0.1, 0.15) is 43.5 Å². The van der Waals surface area contributed by atoms with Crippen molar-refractivity contribution in [3.05, 3.63) is 60.2 Å². The standard InChI is InChI=1S/C25H29N3OS/c1-16-8-6-13-22(17(16)2)28-25(29)21-15-24(27-23-12-5-4-11-20(21)23)26-18-9-7-10-19(14-18)30-3/h4-5,7,9-12,14-17,22H,6,8,13H2,1-3H3,(H,26,27)(H,28,29)/t16-,17+,22-/m1/s1. The third-order valence-corrected chi connectivity index (χ3v) is 7.05. The van der Waals surface area contributed by atoms with E-state index in [1.165, 1.54) is 17.7 Å². The molecule has 4 rings (SSSR count). The third kappa shape index (κ3) is 4.46. The van der Waals surface area contributed by atoms with Gasteiger partial charge in [0, 0.05) is 22.0 Å². The number of thioether (sulfide) groups is 1. The molecule has 1 aliphatic carbocycles. The fourth-order valence-corrected chi connectivity index (χ4v) is 4.77. The number of rotatable bonds is 5. The van der Waals surface area contributed by atoms with Gasteiger partial charge in [-0.15, -0.1) is 11.8 Å². The number of nitrogens with zero attached hydrogens (tertiary/aromatic N) is 1. The summed E-state index contributed by atoms with van der Waals surface area (Å²) in [6, 6.07) is 18.2. The number of carbonyl (C=O) groups excluding carboxylic acids is 1. The molecule has 1 fully saturated rings. The van der Waals surface area contributed by atoms with E-state index in [-0.39, 0.29) is 11.9 Å². The van der Waals surface area contributed by atoms with Crippen molar-refractivity contribution in [3.63, 3.8) is 0 Å². The predicted octanol–water partition coefficient (Wildman–Crippen LogP) is 6.25. The molecule has 2 aromatic carbocycles. The Morgan fingerprint density at radius 2 is 1.90 bits per heavy atom. The van der Waals surface area contributed by atoms with Crippen LogP contribution in [-0.4, -0.2) is 23.2 Å². The lowest BCUT2D eigenvalue weighted by atomic mass is 9.78. The minimum atomic E-state index is -0.0135. The Kier molecular flexibility index (Phi) is 6.28.